The third-order valence-electron chi connectivity index (χ3n) is 6.33. The van der Waals surface area contributed by atoms with E-state index < -0.39 is 22.2 Å². The van der Waals surface area contributed by atoms with E-state index >= 15 is 0 Å². The van der Waals surface area contributed by atoms with Gasteiger partial charge in [-0.25, -0.2) is 17.9 Å². The molecule has 1 aliphatic heterocycles. The molecule has 1 atom stereocenters. The summed E-state index contributed by atoms with van der Waals surface area (Å²) in [5, 5.41) is 7.12. The summed E-state index contributed by atoms with van der Waals surface area (Å²) in [6.07, 6.45) is 2.16. The molecule has 0 amide bonds. The summed E-state index contributed by atoms with van der Waals surface area (Å²) < 4.78 is 59.8. The predicted octanol–water partition coefficient (Wildman–Crippen LogP) is 3.25. The standard InChI is InChI=1S/C18H26N2O2S.C2HF3O2/c21-23(22,16-4-2-1-3-5-16)19-17-8-9-18(17)10-12-20(13-11-18)14-15-6-7-15;3-2(4,5)1(6)7/h1-5,15,17,19H,6-14H2;(H,6,7). The van der Waals surface area contributed by atoms with Gasteiger partial charge in [0.1, 0.15) is 0 Å². The van der Waals surface area contributed by atoms with Crippen LogP contribution >= 0.6 is 0 Å². The van der Waals surface area contributed by atoms with Crippen molar-refractivity contribution in [3.05, 3.63) is 30.3 Å². The molecule has 4 rings (SSSR count). The van der Waals surface area contributed by atoms with Gasteiger partial charge in [0.05, 0.1) is 4.90 Å². The van der Waals surface area contributed by atoms with Crippen molar-refractivity contribution in [1.29, 1.82) is 0 Å². The van der Waals surface area contributed by atoms with Crippen LogP contribution in [0.25, 0.3) is 0 Å². The van der Waals surface area contributed by atoms with Gasteiger partial charge in [0.2, 0.25) is 10.0 Å². The Morgan fingerprint density at radius 3 is 2.10 bits per heavy atom. The smallest absolute Gasteiger partial charge is 0.475 e. The minimum atomic E-state index is -5.08. The van der Waals surface area contributed by atoms with Crippen LogP contribution < -0.4 is 4.72 Å². The molecule has 0 bridgehead atoms. The Labute approximate surface area is 174 Å². The highest BCUT2D eigenvalue weighted by molar-refractivity contribution is 7.89. The number of piperidine rings is 1. The number of aliphatic carboxylic acids is 1. The van der Waals surface area contributed by atoms with Gasteiger partial charge < -0.3 is 10.0 Å². The first kappa shape index (κ1) is 23.0. The molecular formula is C20H27F3N2O4S. The van der Waals surface area contributed by atoms with E-state index in [9.17, 15) is 21.6 Å². The number of nitrogens with zero attached hydrogens (tertiary/aromatic N) is 1. The SMILES string of the molecule is O=C(O)C(F)(F)F.O=S(=O)(NC1CCC12CCN(CC1CC1)CC2)c1ccccc1. The van der Waals surface area contributed by atoms with Gasteiger partial charge in [-0.3, -0.25) is 0 Å². The number of carbonyl (C=O) groups is 1. The second-order valence-corrected chi connectivity index (χ2v) is 10.1. The van der Waals surface area contributed by atoms with Gasteiger partial charge in [0.15, 0.2) is 0 Å². The van der Waals surface area contributed by atoms with Crippen LogP contribution in [0, 0.1) is 11.3 Å². The molecule has 30 heavy (non-hydrogen) atoms. The predicted molar refractivity (Wildman–Crippen MR) is 104 cm³/mol. The molecule has 1 saturated heterocycles. The van der Waals surface area contributed by atoms with Crippen molar-refractivity contribution in [3.63, 3.8) is 0 Å². The number of sulfonamides is 1. The van der Waals surface area contributed by atoms with Gasteiger partial charge in [-0.05, 0) is 75.1 Å². The lowest BCUT2D eigenvalue weighted by Crippen LogP contribution is -2.59. The van der Waals surface area contributed by atoms with Crippen molar-refractivity contribution in [1.82, 2.24) is 9.62 Å². The molecule has 0 radical (unpaired) electrons. The van der Waals surface area contributed by atoms with Crippen molar-refractivity contribution in [2.24, 2.45) is 11.3 Å². The van der Waals surface area contributed by atoms with E-state index in [1.54, 1.807) is 24.3 Å². The first-order valence-corrected chi connectivity index (χ1v) is 11.6. The van der Waals surface area contributed by atoms with Crippen LogP contribution in [0.15, 0.2) is 35.2 Å². The van der Waals surface area contributed by atoms with Crippen molar-refractivity contribution < 1.29 is 31.5 Å². The Hall–Kier alpha value is -1.65. The highest BCUT2D eigenvalue weighted by atomic mass is 32.2. The van der Waals surface area contributed by atoms with E-state index in [1.165, 1.54) is 25.8 Å². The summed E-state index contributed by atoms with van der Waals surface area (Å²) in [4.78, 5) is 11.9. The molecular weight excluding hydrogens is 421 g/mol. The average molecular weight is 449 g/mol. The number of rotatable bonds is 5. The Bertz CT molecular complexity index is 833. The quantitative estimate of drug-likeness (QED) is 0.722. The average Bonchev–Trinajstić information content (AvgIpc) is 3.50. The van der Waals surface area contributed by atoms with Crippen molar-refractivity contribution in [2.75, 3.05) is 19.6 Å². The second kappa shape index (κ2) is 8.84. The second-order valence-electron chi connectivity index (χ2n) is 8.43. The van der Waals surface area contributed by atoms with Crippen LogP contribution in [-0.2, 0) is 14.8 Å². The van der Waals surface area contributed by atoms with Gasteiger partial charge >= 0.3 is 12.1 Å². The van der Waals surface area contributed by atoms with Crippen molar-refractivity contribution >= 4 is 16.0 Å². The largest absolute Gasteiger partial charge is 0.490 e. The number of alkyl halides is 3. The van der Waals surface area contributed by atoms with Gasteiger partial charge in [0, 0.05) is 12.6 Å². The maximum atomic E-state index is 12.6. The lowest BCUT2D eigenvalue weighted by molar-refractivity contribution is -0.192. The molecule has 168 valence electrons. The van der Waals surface area contributed by atoms with Crippen LogP contribution in [0.2, 0.25) is 0 Å². The Morgan fingerprint density at radius 2 is 1.67 bits per heavy atom. The van der Waals surface area contributed by atoms with E-state index in [0.717, 1.165) is 38.3 Å². The maximum Gasteiger partial charge on any atom is 0.490 e. The first-order valence-electron chi connectivity index (χ1n) is 10.1. The fourth-order valence-electron chi connectivity index (χ4n) is 4.18. The molecule has 0 aromatic heterocycles. The molecule has 1 aromatic carbocycles. The molecule has 1 unspecified atom stereocenters. The molecule has 3 aliphatic rings. The molecule has 10 heteroatoms. The number of carboxylic acid groups (broad SMARTS) is 1. The van der Waals surface area contributed by atoms with E-state index in [2.05, 4.69) is 9.62 Å². The normalized spacial score (nSPS) is 23.9. The number of hydrogen-bond donors (Lipinski definition) is 2. The lowest BCUT2D eigenvalue weighted by atomic mass is 9.59. The van der Waals surface area contributed by atoms with Crippen LogP contribution in [0.1, 0.15) is 38.5 Å². The maximum absolute atomic E-state index is 12.6. The zero-order chi connectivity index (χ0) is 22.0. The molecule has 3 fully saturated rings. The molecule has 1 aromatic rings. The summed E-state index contributed by atoms with van der Waals surface area (Å²) in [6, 6.07) is 8.87. The third kappa shape index (κ3) is 5.73. The zero-order valence-electron chi connectivity index (χ0n) is 16.6. The fraction of sp³-hybridized carbons (Fsp3) is 0.650. The van der Waals surface area contributed by atoms with Gasteiger partial charge in [-0.2, -0.15) is 13.2 Å². The monoisotopic (exact) mass is 448 g/mol. The highest BCUT2D eigenvalue weighted by Crippen LogP contribution is 2.50. The Morgan fingerprint density at radius 1 is 1.10 bits per heavy atom. The minimum Gasteiger partial charge on any atom is -0.475 e. The van der Waals surface area contributed by atoms with E-state index in [-0.39, 0.29) is 11.5 Å². The Balaban J connectivity index is 0.000000318. The molecule has 1 spiro atoms. The summed E-state index contributed by atoms with van der Waals surface area (Å²) in [7, 11) is -3.38. The van der Waals surface area contributed by atoms with E-state index in [4.69, 9.17) is 9.90 Å². The number of benzene rings is 1. The van der Waals surface area contributed by atoms with Crippen LogP contribution in [-0.4, -0.2) is 56.2 Å². The third-order valence-corrected chi connectivity index (χ3v) is 7.82. The molecule has 6 nitrogen and oxygen atoms in total. The summed E-state index contributed by atoms with van der Waals surface area (Å²) >= 11 is 0. The first-order chi connectivity index (χ1) is 14.0. The summed E-state index contributed by atoms with van der Waals surface area (Å²) in [5.74, 6) is -1.81. The van der Waals surface area contributed by atoms with E-state index in [0.29, 0.717) is 4.90 Å². The number of carboxylic acids is 1. The van der Waals surface area contributed by atoms with E-state index in [1.807, 2.05) is 6.07 Å². The minimum absolute atomic E-state index is 0.121. The number of hydrogen-bond acceptors (Lipinski definition) is 4. The van der Waals surface area contributed by atoms with Crippen LogP contribution in [0.3, 0.4) is 0 Å². The highest BCUT2D eigenvalue weighted by Gasteiger charge is 2.49. The fourth-order valence-corrected chi connectivity index (χ4v) is 5.57. The van der Waals surface area contributed by atoms with Gasteiger partial charge in [-0.15, -0.1) is 0 Å². The van der Waals surface area contributed by atoms with Crippen LogP contribution in [0.5, 0.6) is 0 Å². The van der Waals surface area contributed by atoms with Gasteiger partial charge in [0.25, 0.3) is 0 Å². The molecule has 2 saturated carbocycles. The molecule has 1 heterocycles. The van der Waals surface area contributed by atoms with Crippen LogP contribution in [0.4, 0.5) is 13.2 Å². The lowest BCUT2D eigenvalue weighted by Gasteiger charge is -2.54. The molecule has 2 N–H and O–H groups in total. The topological polar surface area (TPSA) is 86.7 Å². The number of likely N-dealkylation sites (tertiary alicyclic amines) is 1. The van der Waals surface area contributed by atoms with Crippen molar-refractivity contribution in [2.45, 2.75) is 55.6 Å². The summed E-state index contributed by atoms with van der Waals surface area (Å²) in [5.41, 5.74) is 0.210. The summed E-state index contributed by atoms with van der Waals surface area (Å²) in [6.45, 7) is 3.54. The number of halogens is 3. The van der Waals surface area contributed by atoms with Gasteiger partial charge in [-0.1, -0.05) is 18.2 Å². The van der Waals surface area contributed by atoms with Crippen molar-refractivity contribution in [3.8, 4) is 0 Å². The zero-order valence-corrected chi connectivity index (χ0v) is 17.4. The Kier molecular flexibility index (Phi) is 6.78. The molecule has 2 aliphatic carbocycles. The number of nitrogens with one attached hydrogen (secondary N) is 1.